The average molecular weight is 255 g/mol. The first-order chi connectivity index (χ1) is 8.04. The number of hydrogen-bond donors (Lipinski definition) is 1. The van der Waals surface area contributed by atoms with Crippen molar-refractivity contribution in [3.8, 4) is 0 Å². The molecule has 0 aliphatic heterocycles. The molecule has 1 N–H and O–H groups in total. The van der Waals surface area contributed by atoms with Crippen molar-refractivity contribution < 1.29 is 39.5 Å². The molecule has 0 spiro atoms. The third-order valence-electron chi connectivity index (χ3n) is 2.63. The summed E-state index contributed by atoms with van der Waals surface area (Å²) in [6.45, 7) is 4.27. The predicted octanol–water partition coefficient (Wildman–Crippen LogP) is -1.57. The summed E-state index contributed by atoms with van der Waals surface area (Å²) in [5, 5.41) is 9.31. The standard InChI is InChI=1S/C12H12N2O3.Na/c1-3-14-6-9(12(16)17)10(15)8-5-4-7(2)13-11(8)14;/h4-6H,3H2,1-2H3,(H,16,17);/q;+1. The molecule has 0 bridgehead atoms. The second kappa shape index (κ2) is 5.65. The van der Waals surface area contributed by atoms with Crippen LogP contribution in [0.25, 0.3) is 11.0 Å². The molecule has 2 aromatic rings. The molecule has 0 amide bonds. The maximum absolute atomic E-state index is 11.9. The van der Waals surface area contributed by atoms with Crippen LogP contribution in [0.1, 0.15) is 23.0 Å². The average Bonchev–Trinajstić information content (AvgIpc) is 2.29. The molecule has 0 fully saturated rings. The molecule has 88 valence electrons. The number of aromatic nitrogens is 2. The minimum Gasteiger partial charge on any atom is -0.477 e. The fourth-order valence-corrected chi connectivity index (χ4v) is 1.75. The molecule has 5 nitrogen and oxygen atoms in total. The molecule has 0 radical (unpaired) electrons. The largest absolute Gasteiger partial charge is 1.00 e. The summed E-state index contributed by atoms with van der Waals surface area (Å²) in [5.41, 5.74) is 0.624. The number of carboxylic acids is 1. The van der Waals surface area contributed by atoms with Crippen molar-refractivity contribution in [1.29, 1.82) is 0 Å². The smallest absolute Gasteiger partial charge is 0.477 e. The van der Waals surface area contributed by atoms with Gasteiger partial charge in [0.05, 0.1) is 5.39 Å². The van der Waals surface area contributed by atoms with Crippen molar-refractivity contribution in [2.75, 3.05) is 0 Å². The van der Waals surface area contributed by atoms with E-state index in [1.165, 1.54) is 6.20 Å². The quantitative estimate of drug-likeness (QED) is 0.658. The van der Waals surface area contributed by atoms with Gasteiger partial charge < -0.3 is 9.67 Å². The zero-order valence-corrected chi connectivity index (χ0v) is 12.6. The summed E-state index contributed by atoms with van der Waals surface area (Å²) in [4.78, 5) is 27.2. The number of hydrogen-bond acceptors (Lipinski definition) is 3. The van der Waals surface area contributed by atoms with Gasteiger partial charge in [0.15, 0.2) is 0 Å². The Bertz CT molecular complexity index is 664. The van der Waals surface area contributed by atoms with Crippen LogP contribution in [0.4, 0.5) is 0 Å². The number of rotatable bonds is 2. The Hall–Kier alpha value is -1.17. The van der Waals surface area contributed by atoms with Gasteiger partial charge >= 0.3 is 35.5 Å². The van der Waals surface area contributed by atoms with E-state index in [0.29, 0.717) is 17.6 Å². The minimum atomic E-state index is -1.21. The van der Waals surface area contributed by atoms with Gasteiger partial charge in [-0.25, -0.2) is 9.78 Å². The van der Waals surface area contributed by atoms with Crippen LogP contribution in [0.15, 0.2) is 23.1 Å². The van der Waals surface area contributed by atoms with Gasteiger partial charge in [0.25, 0.3) is 0 Å². The maximum atomic E-state index is 11.9. The van der Waals surface area contributed by atoms with Crippen LogP contribution < -0.4 is 35.0 Å². The number of carbonyl (C=O) groups is 1. The van der Waals surface area contributed by atoms with Crippen molar-refractivity contribution in [2.24, 2.45) is 0 Å². The van der Waals surface area contributed by atoms with Crippen molar-refractivity contribution in [2.45, 2.75) is 20.4 Å². The third kappa shape index (κ3) is 2.48. The van der Waals surface area contributed by atoms with E-state index in [1.54, 1.807) is 16.7 Å². The van der Waals surface area contributed by atoms with Gasteiger partial charge in [0.2, 0.25) is 5.43 Å². The van der Waals surface area contributed by atoms with Gasteiger partial charge in [0, 0.05) is 18.4 Å². The van der Waals surface area contributed by atoms with Crippen LogP contribution in [0.3, 0.4) is 0 Å². The summed E-state index contributed by atoms with van der Waals surface area (Å²) in [7, 11) is 0. The molecule has 0 aliphatic rings. The van der Waals surface area contributed by atoms with Gasteiger partial charge in [-0.2, -0.15) is 0 Å². The SMILES string of the molecule is CCn1cc(C(=O)O)c(=O)c2ccc(C)nc21.[Na+]. The number of aryl methyl sites for hydroxylation is 2. The predicted molar refractivity (Wildman–Crippen MR) is 63.4 cm³/mol. The van der Waals surface area contributed by atoms with E-state index in [4.69, 9.17) is 5.11 Å². The third-order valence-corrected chi connectivity index (χ3v) is 2.63. The molecule has 2 aromatic heterocycles. The van der Waals surface area contributed by atoms with Gasteiger partial charge in [-0.05, 0) is 26.0 Å². The molecule has 0 saturated carbocycles. The second-order valence-electron chi connectivity index (χ2n) is 3.79. The van der Waals surface area contributed by atoms with E-state index in [9.17, 15) is 9.59 Å². The van der Waals surface area contributed by atoms with E-state index in [0.717, 1.165) is 5.69 Å². The van der Waals surface area contributed by atoms with Gasteiger partial charge in [0.1, 0.15) is 11.2 Å². The summed E-state index contributed by atoms with van der Waals surface area (Å²) in [5.74, 6) is -1.21. The number of carboxylic acid groups (broad SMARTS) is 1. The Morgan fingerprint density at radius 2 is 2.11 bits per heavy atom. The van der Waals surface area contributed by atoms with Crippen LogP contribution in [0.5, 0.6) is 0 Å². The summed E-state index contributed by atoms with van der Waals surface area (Å²) in [6.07, 6.45) is 1.35. The van der Waals surface area contributed by atoms with Crippen LogP contribution in [-0.4, -0.2) is 20.6 Å². The summed E-state index contributed by atoms with van der Waals surface area (Å²) >= 11 is 0. The molecule has 18 heavy (non-hydrogen) atoms. The first-order valence-electron chi connectivity index (χ1n) is 5.28. The minimum absolute atomic E-state index is 0. The molecular formula is C12H12N2NaO3+. The fourth-order valence-electron chi connectivity index (χ4n) is 1.75. The fraction of sp³-hybridized carbons (Fsp3) is 0.250. The normalized spacial score (nSPS) is 10.1. The molecule has 0 aromatic carbocycles. The second-order valence-corrected chi connectivity index (χ2v) is 3.79. The molecule has 0 atom stereocenters. The van der Waals surface area contributed by atoms with Gasteiger partial charge in [-0.3, -0.25) is 4.79 Å². The number of nitrogens with zero attached hydrogens (tertiary/aromatic N) is 2. The van der Waals surface area contributed by atoms with E-state index >= 15 is 0 Å². The topological polar surface area (TPSA) is 72.2 Å². The Labute approximate surface area is 126 Å². The first-order valence-corrected chi connectivity index (χ1v) is 5.28. The van der Waals surface area contributed by atoms with Crippen molar-refractivity contribution >= 4 is 17.0 Å². The van der Waals surface area contributed by atoms with E-state index < -0.39 is 11.4 Å². The van der Waals surface area contributed by atoms with Gasteiger partial charge in [-0.1, -0.05) is 0 Å². The monoisotopic (exact) mass is 255 g/mol. The van der Waals surface area contributed by atoms with Gasteiger partial charge in [-0.15, -0.1) is 0 Å². The molecule has 0 unspecified atom stereocenters. The van der Waals surface area contributed by atoms with Crippen LogP contribution >= 0.6 is 0 Å². The van der Waals surface area contributed by atoms with E-state index in [-0.39, 0.29) is 35.1 Å². The Morgan fingerprint density at radius 1 is 1.44 bits per heavy atom. The Kier molecular flexibility index (Phi) is 4.67. The Balaban J connectivity index is 0.00000162. The number of aromatic carboxylic acids is 1. The molecule has 2 rings (SSSR count). The van der Waals surface area contributed by atoms with E-state index in [1.807, 2.05) is 13.8 Å². The number of pyridine rings is 2. The van der Waals surface area contributed by atoms with Crippen LogP contribution in [0.2, 0.25) is 0 Å². The molecule has 6 heteroatoms. The van der Waals surface area contributed by atoms with Crippen molar-refractivity contribution in [1.82, 2.24) is 9.55 Å². The molecular weight excluding hydrogens is 243 g/mol. The number of fused-ring (bicyclic) bond motifs is 1. The summed E-state index contributed by atoms with van der Waals surface area (Å²) in [6, 6.07) is 3.33. The van der Waals surface area contributed by atoms with Crippen LogP contribution in [0, 0.1) is 6.92 Å². The molecule has 2 heterocycles. The van der Waals surface area contributed by atoms with Crippen molar-refractivity contribution in [3.05, 3.63) is 39.8 Å². The maximum Gasteiger partial charge on any atom is 1.00 e. The molecule has 0 aliphatic carbocycles. The first kappa shape index (κ1) is 14.9. The Morgan fingerprint density at radius 3 is 2.67 bits per heavy atom. The van der Waals surface area contributed by atoms with Crippen LogP contribution in [-0.2, 0) is 6.54 Å². The van der Waals surface area contributed by atoms with Crippen molar-refractivity contribution in [3.63, 3.8) is 0 Å². The van der Waals surface area contributed by atoms with E-state index in [2.05, 4.69) is 4.98 Å². The summed E-state index contributed by atoms with van der Waals surface area (Å²) < 4.78 is 1.67. The zero-order chi connectivity index (χ0) is 12.6. The molecule has 0 saturated heterocycles. The zero-order valence-electron chi connectivity index (χ0n) is 10.6.